The van der Waals surface area contributed by atoms with Crippen molar-refractivity contribution in [3.8, 4) is 0 Å². The van der Waals surface area contributed by atoms with Crippen molar-refractivity contribution in [3.05, 3.63) is 35.4 Å². The molecule has 1 aliphatic heterocycles. The van der Waals surface area contributed by atoms with Gasteiger partial charge in [0, 0.05) is 31.7 Å². The summed E-state index contributed by atoms with van der Waals surface area (Å²) in [6.45, 7) is 9.33. The van der Waals surface area contributed by atoms with Crippen LogP contribution in [-0.2, 0) is 4.79 Å². The minimum atomic E-state index is -0.919. The lowest BCUT2D eigenvalue weighted by atomic mass is 9.95. The van der Waals surface area contributed by atoms with Crippen LogP contribution in [0.25, 0.3) is 0 Å². The molecule has 1 N–H and O–H groups in total. The van der Waals surface area contributed by atoms with Gasteiger partial charge in [0.05, 0.1) is 11.5 Å². The van der Waals surface area contributed by atoms with Crippen molar-refractivity contribution < 1.29 is 14.7 Å². The fourth-order valence-electron chi connectivity index (χ4n) is 3.31. The number of likely N-dealkylation sites (tertiary alicyclic amines) is 1. The van der Waals surface area contributed by atoms with Gasteiger partial charge in [-0.1, -0.05) is 17.7 Å². The summed E-state index contributed by atoms with van der Waals surface area (Å²) < 4.78 is 0. The molecule has 1 atom stereocenters. The van der Waals surface area contributed by atoms with E-state index in [0.717, 1.165) is 18.4 Å². The third-order valence-electron chi connectivity index (χ3n) is 4.63. The second-order valence-electron chi connectivity index (χ2n) is 7.62. The van der Waals surface area contributed by atoms with E-state index in [1.54, 1.807) is 23.6 Å². The molecule has 0 bridgehead atoms. The van der Waals surface area contributed by atoms with Crippen molar-refractivity contribution in [2.24, 2.45) is 5.92 Å². The van der Waals surface area contributed by atoms with Gasteiger partial charge in [0.25, 0.3) is 5.91 Å². The Morgan fingerprint density at radius 3 is 2.48 bits per heavy atom. The summed E-state index contributed by atoms with van der Waals surface area (Å²) in [7, 11) is 0. The highest BCUT2D eigenvalue weighted by atomic mass is 16.3. The molecular formula is C20H30N2O3. The standard InChI is InChI=1S/C20H30N2O3/c1-5-21(14-20(3,4)25)19(24)17-7-6-12-22(13-17)18(23)16-10-8-15(2)9-11-16/h8-11,17,25H,5-7,12-14H2,1-4H3. The van der Waals surface area contributed by atoms with Crippen molar-refractivity contribution in [1.82, 2.24) is 9.80 Å². The van der Waals surface area contributed by atoms with Gasteiger partial charge in [-0.25, -0.2) is 0 Å². The molecular weight excluding hydrogens is 316 g/mol. The lowest BCUT2D eigenvalue weighted by molar-refractivity contribution is -0.139. The molecule has 1 heterocycles. The van der Waals surface area contributed by atoms with Crippen molar-refractivity contribution in [2.45, 2.75) is 46.1 Å². The highest BCUT2D eigenvalue weighted by molar-refractivity contribution is 5.94. The van der Waals surface area contributed by atoms with Crippen LogP contribution in [0.4, 0.5) is 0 Å². The average Bonchev–Trinajstić information content (AvgIpc) is 2.58. The average molecular weight is 346 g/mol. The van der Waals surface area contributed by atoms with E-state index in [1.807, 2.05) is 38.1 Å². The maximum absolute atomic E-state index is 12.8. The van der Waals surface area contributed by atoms with Crippen LogP contribution in [-0.4, -0.2) is 58.5 Å². The van der Waals surface area contributed by atoms with Crippen LogP contribution < -0.4 is 0 Å². The number of rotatable bonds is 5. The van der Waals surface area contributed by atoms with Crippen molar-refractivity contribution in [1.29, 1.82) is 0 Å². The Bertz CT molecular complexity index is 604. The van der Waals surface area contributed by atoms with E-state index in [-0.39, 0.29) is 17.7 Å². The molecule has 5 nitrogen and oxygen atoms in total. The van der Waals surface area contributed by atoms with E-state index in [9.17, 15) is 14.7 Å². The normalized spacial score (nSPS) is 18.1. The quantitative estimate of drug-likeness (QED) is 0.891. The highest BCUT2D eigenvalue weighted by Crippen LogP contribution is 2.22. The number of aliphatic hydroxyl groups is 1. The molecule has 2 rings (SSSR count). The lowest BCUT2D eigenvalue weighted by Crippen LogP contribution is -2.49. The van der Waals surface area contributed by atoms with Crippen molar-refractivity contribution >= 4 is 11.8 Å². The first-order valence-electron chi connectivity index (χ1n) is 9.08. The minimum Gasteiger partial charge on any atom is -0.389 e. The Morgan fingerprint density at radius 2 is 1.92 bits per heavy atom. The molecule has 1 fully saturated rings. The topological polar surface area (TPSA) is 60.9 Å². The SMILES string of the molecule is CCN(CC(C)(C)O)C(=O)C1CCCN(C(=O)c2ccc(C)cc2)C1. The number of hydrogen-bond donors (Lipinski definition) is 1. The number of piperidine rings is 1. The van der Waals surface area contributed by atoms with Gasteiger partial charge < -0.3 is 14.9 Å². The Hall–Kier alpha value is -1.88. The lowest BCUT2D eigenvalue weighted by Gasteiger charge is -2.36. The van der Waals surface area contributed by atoms with E-state index in [1.165, 1.54) is 0 Å². The maximum atomic E-state index is 12.8. The molecule has 2 amide bonds. The predicted octanol–water partition coefficient (Wildman–Crippen LogP) is 2.47. The Labute approximate surface area is 150 Å². The smallest absolute Gasteiger partial charge is 0.253 e. The van der Waals surface area contributed by atoms with Crippen LogP contribution in [0, 0.1) is 12.8 Å². The van der Waals surface area contributed by atoms with Gasteiger partial charge in [-0.05, 0) is 52.7 Å². The second-order valence-corrected chi connectivity index (χ2v) is 7.62. The number of aryl methyl sites for hydroxylation is 1. The zero-order chi connectivity index (χ0) is 18.6. The van der Waals surface area contributed by atoms with Crippen LogP contribution in [0.15, 0.2) is 24.3 Å². The van der Waals surface area contributed by atoms with Crippen molar-refractivity contribution in [3.63, 3.8) is 0 Å². The summed E-state index contributed by atoms with van der Waals surface area (Å²) in [6, 6.07) is 7.55. The molecule has 1 aliphatic rings. The van der Waals surface area contributed by atoms with Gasteiger partial charge in [-0.3, -0.25) is 9.59 Å². The number of nitrogens with zero attached hydrogens (tertiary/aromatic N) is 2. The summed E-state index contributed by atoms with van der Waals surface area (Å²) in [6.07, 6.45) is 1.62. The van der Waals surface area contributed by atoms with Gasteiger partial charge in [-0.2, -0.15) is 0 Å². The van der Waals surface area contributed by atoms with E-state index in [0.29, 0.717) is 31.7 Å². The number of carbonyl (C=O) groups is 2. The van der Waals surface area contributed by atoms with Gasteiger partial charge in [-0.15, -0.1) is 0 Å². The van der Waals surface area contributed by atoms with Crippen LogP contribution in [0.5, 0.6) is 0 Å². The van der Waals surface area contributed by atoms with Crippen LogP contribution in [0.3, 0.4) is 0 Å². The fourth-order valence-corrected chi connectivity index (χ4v) is 3.31. The Morgan fingerprint density at radius 1 is 1.28 bits per heavy atom. The number of hydrogen-bond acceptors (Lipinski definition) is 3. The number of likely N-dealkylation sites (N-methyl/N-ethyl adjacent to an activating group) is 1. The molecule has 0 radical (unpaired) electrons. The molecule has 138 valence electrons. The van der Waals surface area contributed by atoms with Crippen LogP contribution in [0.1, 0.15) is 49.5 Å². The predicted molar refractivity (Wildman–Crippen MR) is 98.4 cm³/mol. The van der Waals surface area contributed by atoms with Gasteiger partial charge in [0.1, 0.15) is 0 Å². The first-order chi connectivity index (χ1) is 11.7. The molecule has 1 unspecified atom stereocenters. The van der Waals surface area contributed by atoms with Gasteiger partial charge >= 0.3 is 0 Å². The molecule has 0 spiro atoms. The molecule has 1 aromatic carbocycles. The Balaban J connectivity index is 2.05. The summed E-state index contributed by atoms with van der Waals surface area (Å²) in [5.74, 6) is -0.167. The number of carbonyl (C=O) groups excluding carboxylic acids is 2. The van der Waals surface area contributed by atoms with Gasteiger partial charge in [0.15, 0.2) is 0 Å². The third kappa shape index (κ3) is 5.30. The van der Waals surface area contributed by atoms with Crippen molar-refractivity contribution in [2.75, 3.05) is 26.2 Å². The molecule has 1 saturated heterocycles. The number of amides is 2. The van der Waals surface area contributed by atoms with Gasteiger partial charge in [0.2, 0.25) is 5.91 Å². The molecule has 0 saturated carbocycles. The summed E-state index contributed by atoms with van der Waals surface area (Å²) >= 11 is 0. The second kappa shape index (κ2) is 8.00. The largest absolute Gasteiger partial charge is 0.389 e. The molecule has 1 aromatic rings. The highest BCUT2D eigenvalue weighted by Gasteiger charge is 2.32. The molecule has 25 heavy (non-hydrogen) atoms. The summed E-state index contributed by atoms with van der Waals surface area (Å²) in [4.78, 5) is 29.0. The molecule has 5 heteroatoms. The summed E-state index contributed by atoms with van der Waals surface area (Å²) in [5, 5.41) is 10.0. The fraction of sp³-hybridized carbons (Fsp3) is 0.600. The van der Waals surface area contributed by atoms with E-state index >= 15 is 0 Å². The van der Waals surface area contributed by atoms with E-state index < -0.39 is 5.60 Å². The zero-order valence-electron chi connectivity index (χ0n) is 15.8. The minimum absolute atomic E-state index is 0.0111. The first kappa shape index (κ1) is 19.4. The zero-order valence-corrected chi connectivity index (χ0v) is 15.8. The molecule has 0 aromatic heterocycles. The van der Waals surface area contributed by atoms with Crippen LogP contribution in [0.2, 0.25) is 0 Å². The molecule has 0 aliphatic carbocycles. The number of benzene rings is 1. The monoisotopic (exact) mass is 346 g/mol. The van der Waals surface area contributed by atoms with E-state index in [2.05, 4.69) is 0 Å². The maximum Gasteiger partial charge on any atom is 0.253 e. The van der Waals surface area contributed by atoms with Crippen LogP contribution >= 0.6 is 0 Å². The Kier molecular flexibility index (Phi) is 6.22. The first-order valence-corrected chi connectivity index (χ1v) is 9.08. The van der Waals surface area contributed by atoms with E-state index in [4.69, 9.17) is 0 Å². The third-order valence-corrected chi connectivity index (χ3v) is 4.63. The summed E-state index contributed by atoms with van der Waals surface area (Å²) in [5.41, 5.74) is 0.869.